The van der Waals surface area contributed by atoms with Crippen molar-refractivity contribution in [2.75, 3.05) is 20.3 Å². The molecule has 16 heavy (non-hydrogen) atoms. The number of amides is 1. The molecule has 0 aromatic rings. The molecule has 1 saturated heterocycles. The maximum atomic E-state index is 11.7. The van der Waals surface area contributed by atoms with Crippen molar-refractivity contribution >= 4 is 11.9 Å². The maximum absolute atomic E-state index is 11.7. The highest BCUT2D eigenvalue weighted by molar-refractivity contribution is 6.06. The first-order chi connectivity index (χ1) is 7.81. The van der Waals surface area contributed by atoms with E-state index in [2.05, 4.69) is 15.6 Å². The van der Waals surface area contributed by atoms with Crippen LogP contribution in [0.5, 0.6) is 0 Å². The number of methoxy groups -OCH3 is 1. The Labute approximate surface area is 95.6 Å². The molecule has 1 heterocycles. The molecule has 0 aromatic carbocycles. The van der Waals surface area contributed by atoms with Crippen molar-refractivity contribution in [3.05, 3.63) is 0 Å². The van der Waals surface area contributed by atoms with Gasteiger partial charge in [0.15, 0.2) is 5.96 Å². The number of aliphatic imine (C=N–C) groups is 1. The van der Waals surface area contributed by atoms with Crippen LogP contribution >= 0.6 is 0 Å². The van der Waals surface area contributed by atoms with E-state index in [9.17, 15) is 4.79 Å². The second kappa shape index (κ2) is 5.30. The summed E-state index contributed by atoms with van der Waals surface area (Å²) in [5.41, 5.74) is 0. The van der Waals surface area contributed by atoms with E-state index in [1.165, 1.54) is 12.8 Å². The van der Waals surface area contributed by atoms with Gasteiger partial charge in [-0.1, -0.05) is 12.8 Å². The molecule has 0 bridgehead atoms. The molecule has 90 valence electrons. The summed E-state index contributed by atoms with van der Waals surface area (Å²) in [4.78, 5) is 16.0. The Morgan fingerprint density at radius 2 is 2.19 bits per heavy atom. The second-order valence-electron chi connectivity index (χ2n) is 4.38. The normalized spacial score (nSPS) is 28.4. The van der Waals surface area contributed by atoms with E-state index in [-0.39, 0.29) is 11.9 Å². The van der Waals surface area contributed by atoms with Crippen LogP contribution in [-0.2, 0) is 9.53 Å². The first-order valence-corrected chi connectivity index (χ1v) is 5.92. The van der Waals surface area contributed by atoms with Crippen LogP contribution in [0.25, 0.3) is 0 Å². The van der Waals surface area contributed by atoms with Crippen molar-refractivity contribution in [2.45, 2.75) is 31.7 Å². The number of ether oxygens (including phenoxy) is 1. The van der Waals surface area contributed by atoms with Gasteiger partial charge in [0.05, 0.1) is 13.2 Å². The third kappa shape index (κ3) is 2.52. The van der Waals surface area contributed by atoms with Crippen LogP contribution in [0, 0.1) is 5.92 Å². The van der Waals surface area contributed by atoms with Crippen LogP contribution < -0.4 is 10.6 Å². The Hall–Kier alpha value is -1.10. The topological polar surface area (TPSA) is 62.7 Å². The average Bonchev–Trinajstić information content (AvgIpc) is 2.87. The van der Waals surface area contributed by atoms with Gasteiger partial charge in [0.25, 0.3) is 0 Å². The molecule has 0 aromatic heterocycles. The van der Waals surface area contributed by atoms with Crippen LogP contribution in [0.3, 0.4) is 0 Å². The summed E-state index contributed by atoms with van der Waals surface area (Å²) < 4.78 is 4.91. The van der Waals surface area contributed by atoms with Gasteiger partial charge in [-0.2, -0.15) is 0 Å². The molecule has 1 amide bonds. The van der Waals surface area contributed by atoms with Crippen molar-refractivity contribution in [3.8, 4) is 0 Å². The molecule has 1 aliphatic carbocycles. The molecule has 1 atom stereocenters. The zero-order valence-electron chi connectivity index (χ0n) is 9.66. The van der Waals surface area contributed by atoms with E-state index in [1.54, 1.807) is 7.11 Å². The van der Waals surface area contributed by atoms with Crippen LogP contribution in [0.1, 0.15) is 25.7 Å². The quantitative estimate of drug-likeness (QED) is 0.675. The molecule has 5 nitrogen and oxygen atoms in total. The van der Waals surface area contributed by atoms with E-state index >= 15 is 0 Å². The molecular weight excluding hydrogens is 206 g/mol. The van der Waals surface area contributed by atoms with Crippen molar-refractivity contribution in [2.24, 2.45) is 10.9 Å². The zero-order chi connectivity index (χ0) is 11.4. The van der Waals surface area contributed by atoms with Crippen LogP contribution in [0.2, 0.25) is 0 Å². The monoisotopic (exact) mass is 225 g/mol. The Morgan fingerprint density at radius 1 is 1.44 bits per heavy atom. The molecule has 2 rings (SSSR count). The van der Waals surface area contributed by atoms with Gasteiger partial charge < -0.3 is 10.1 Å². The smallest absolute Gasteiger partial charge is 0.249 e. The third-order valence-electron chi connectivity index (χ3n) is 3.25. The summed E-state index contributed by atoms with van der Waals surface area (Å²) in [5.74, 6) is 1.16. The lowest BCUT2D eigenvalue weighted by Gasteiger charge is -2.14. The minimum atomic E-state index is -0.0659. The van der Waals surface area contributed by atoms with Gasteiger partial charge in [-0.15, -0.1) is 0 Å². The third-order valence-corrected chi connectivity index (χ3v) is 3.25. The first kappa shape index (κ1) is 11.4. The number of nitrogens with zero attached hydrogens (tertiary/aromatic N) is 1. The maximum Gasteiger partial charge on any atom is 0.249 e. The fraction of sp³-hybridized carbons (Fsp3) is 0.818. The largest absolute Gasteiger partial charge is 0.383 e. The van der Waals surface area contributed by atoms with Crippen LogP contribution in [0.15, 0.2) is 4.99 Å². The van der Waals surface area contributed by atoms with Gasteiger partial charge in [0.2, 0.25) is 5.91 Å². The molecule has 2 N–H and O–H groups in total. The standard InChI is InChI=1S/C11H19N3O2/c1-16-7-6-12-11-13-9(10(15)14-11)8-4-2-3-5-8/h8-9H,2-7H2,1H3,(H2,12,13,14,15). The van der Waals surface area contributed by atoms with Gasteiger partial charge in [0, 0.05) is 7.11 Å². The van der Waals surface area contributed by atoms with Crippen molar-refractivity contribution < 1.29 is 9.53 Å². The van der Waals surface area contributed by atoms with Gasteiger partial charge in [-0.25, -0.2) is 0 Å². The summed E-state index contributed by atoms with van der Waals surface area (Å²) in [5, 5.41) is 5.96. The molecule has 2 aliphatic rings. The predicted octanol–water partition coefficient (Wildman–Crippen LogP) is 0.267. The Kier molecular flexibility index (Phi) is 3.77. The average molecular weight is 225 g/mol. The van der Waals surface area contributed by atoms with Gasteiger partial charge in [-0.05, 0) is 18.8 Å². The highest BCUT2D eigenvalue weighted by Crippen LogP contribution is 2.28. The van der Waals surface area contributed by atoms with E-state index in [0.717, 1.165) is 12.8 Å². The van der Waals surface area contributed by atoms with Gasteiger partial charge in [-0.3, -0.25) is 15.1 Å². The Bertz CT molecular complexity index is 285. The molecule has 0 spiro atoms. The minimum absolute atomic E-state index is 0.0659. The Balaban J connectivity index is 1.88. The lowest BCUT2D eigenvalue weighted by Crippen LogP contribution is -2.35. The van der Waals surface area contributed by atoms with E-state index in [4.69, 9.17) is 4.74 Å². The number of carbonyl (C=O) groups excluding carboxylic acids is 1. The number of nitrogens with one attached hydrogen (secondary N) is 2. The van der Waals surface area contributed by atoms with E-state index in [1.807, 2.05) is 0 Å². The highest BCUT2D eigenvalue weighted by atomic mass is 16.5. The van der Waals surface area contributed by atoms with E-state index < -0.39 is 0 Å². The highest BCUT2D eigenvalue weighted by Gasteiger charge is 2.36. The number of hydrogen-bond donors (Lipinski definition) is 2. The lowest BCUT2D eigenvalue weighted by molar-refractivity contribution is -0.121. The number of guanidine groups is 1. The molecule has 5 heteroatoms. The predicted molar refractivity (Wildman–Crippen MR) is 61.2 cm³/mol. The summed E-state index contributed by atoms with van der Waals surface area (Å²) in [6, 6.07) is -0.0659. The number of rotatable bonds is 4. The summed E-state index contributed by atoms with van der Waals surface area (Å²) in [6.07, 6.45) is 4.78. The van der Waals surface area contributed by atoms with E-state index in [0.29, 0.717) is 25.0 Å². The molecule has 1 unspecified atom stereocenters. The van der Waals surface area contributed by atoms with Gasteiger partial charge in [0.1, 0.15) is 6.04 Å². The molecule has 1 saturated carbocycles. The number of hydrogen-bond acceptors (Lipinski definition) is 3. The molecular formula is C11H19N3O2. The van der Waals surface area contributed by atoms with Gasteiger partial charge >= 0.3 is 0 Å². The number of carbonyl (C=O) groups is 1. The van der Waals surface area contributed by atoms with Crippen molar-refractivity contribution in [3.63, 3.8) is 0 Å². The van der Waals surface area contributed by atoms with Crippen molar-refractivity contribution in [1.82, 2.24) is 10.6 Å². The fourth-order valence-electron chi connectivity index (χ4n) is 2.40. The first-order valence-electron chi connectivity index (χ1n) is 5.92. The molecule has 1 aliphatic heterocycles. The molecule has 2 fully saturated rings. The lowest BCUT2D eigenvalue weighted by atomic mass is 9.99. The zero-order valence-corrected chi connectivity index (χ0v) is 9.66. The summed E-state index contributed by atoms with van der Waals surface area (Å²) in [7, 11) is 1.64. The Morgan fingerprint density at radius 3 is 2.88 bits per heavy atom. The summed E-state index contributed by atoms with van der Waals surface area (Å²) >= 11 is 0. The second-order valence-corrected chi connectivity index (χ2v) is 4.38. The SMILES string of the molecule is COCCN=C1NC(=O)C(C2CCCC2)N1. The fourth-order valence-corrected chi connectivity index (χ4v) is 2.40. The van der Waals surface area contributed by atoms with Crippen LogP contribution in [0.4, 0.5) is 0 Å². The molecule has 0 radical (unpaired) electrons. The minimum Gasteiger partial charge on any atom is -0.383 e. The summed E-state index contributed by atoms with van der Waals surface area (Å²) in [6.45, 7) is 1.16. The van der Waals surface area contributed by atoms with Crippen LogP contribution in [-0.4, -0.2) is 38.2 Å². The van der Waals surface area contributed by atoms with Crippen molar-refractivity contribution in [1.29, 1.82) is 0 Å².